The zero-order chi connectivity index (χ0) is 26.2. The maximum atomic E-state index is 13.8. The largest absolute Gasteiger partial charge is 0.465 e. The third-order valence-electron chi connectivity index (χ3n) is 6.59. The van der Waals surface area contributed by atoms with Gasteiger partial charge in [-0.2, -0.15) is 0 Å². The van der Waals surface area contributed by atoms with Crippen LogP contribution in [0, 0.1) is 0 Å². The Hall–Kier alpha value is -3.29. The van der Waals surface area contributed by atoms with Gasteiger partial charge in [0, 0.05) is 37.7 Å². The van der Waals surface area contributed by atoms with E-state index in [1.807, 2.05) is 56.0 Å². The Bertz CT molecular complexity index is 1070. The number of ether oxygens (including phenoxy) is 1. The molecular formula is C28H38N4O4. The summed E-state index contributed by atoms with van der Waals surface area (Å²) in [6.07, 6.45) is 4.75. The average molecular weight is 495 g/mol. The summed E-state index contributed by atoms with van der Waals surface area (Å²) in [7, 11) is 1.29. The number of nitrogens with zero attached hydrogens (tertiary/aromatic N) is 4. The lowest BCUT2D eigenvalue weighted by Crippen LogP contribution is -2.55. The minimum atomic E-state index is -0.629. The summed E-state index contributed by atoms with van der Waals surface area (Å²) in [5.74, 6) is -0.577. The molecule has 2 amide bonds. The van der Waals surface area contributed by atoms with Gasteiger partial charge in [0.25, 0.3) is 5.91 Å². The van der Waals surface area contributed by atoms with Gasteiger partial charge in [-0.25, -0.2) is 14.8 Å². The Morgan fingerprint density at radius 2 is 1.78 bits per heavy atom. The van der Waals surface area contributed by atoms with Crippen LogP contribution in [0.4, 0.5) is 0 Å². The summed E-state index contributed by atoms with van der Waals surface area (Å²) < 4.78 is 5.03. The molecule has 0 radical (unpaired) electrons. The minimum absolute atomic E-state index is 0.0472. The lowest BCUT2D eigenvalue weighted by molar-refractivity contribution is -0.135. The van der Waals surface area contributed by atoms with Crippen LogP contribution < -0.4 is 0 Å². The van der Waals surface area contributed by atoms with E-state index in [4.69, 9.17) is 4.74 Å². The van der Waals surface area contributed by atoms with Crippen molar-refractivity contribution in [1.29, 1.82) is 0 Å². The lowest BCUT2D eigenvalue weighted by atomic mass is 10.00. The molecule has 2 heterocycles. The molecule has 3 rings (SSSR count). The second-order valence-corrected chi connectivity index (χ2v) is 9.67. The Balaban J connectivity index is 1.89. The summed E-state index contributed by atoms with van der Waals surface area (Å²) in [4.78, 5) is 52.2. The van der Waals surface area contributed by atoms with E-state index in [2.05, 4.69) is 16.9 Å². The van der Waals surface area contributed by atoms with Gasteiger partial charge < -0.3 is 14.5 Å². The number of benzene rings is 1. The Morgan fingerprint density at radius 1 is 1.06 bits per heavy atom. The molecule has 8 nitrogen and oxygen atoms in total. The lowest BCUT2D eigenvalue weighted by Gasteiger charge is -2.40. The molecule has 0 aliphatic carbocycles. The van der Waals surface area contributed by atoms with Crippen LogP contribution >= 0.6 is 0 Å². The van der Waals surface area contributed by atoms with E-state index in [-0.39, 0.29) is 35.0 Å². The molecule has 0 N–H and O–H groups in total. The molecule has 1 fully saturated rings. The monoisotopic (exact) mass is 494 g/mol. The molecule has 1 aliphatic rings. The first kappa shape index (κ1) is 27.3. The quantitative estimate of drug-likeness (QED) is 0.371. The van der Waals surface area contributed by atoms with Gasteiger partial charge >= 0.3 is 5.97 Å². The van der Waals surface area contributed by atoms with E-state index in [9.17, 15) is 14.4 Å². The van der Waals surface area contributed by atoms with Crippen molar-refractivity contribution < 1.29 is 19.1 Å². The van der Waals surface area contributed by atoms with E-state index in [0.29, 0.717) is 37.6 Å². The number of rotatable bonds is 9. The van der Waals surface area contributed by atoms with E-state index in [1.165, 1.54) is 7.11 Å². The van der Waals surface area contributed by atoms with Gasteiger partial charge in [0.15, 0.2) is 5.82 Å². The molecule has 0 bridgehead atoms. The average Bonchev–Trinajstić information content (AvgIpc) is 2.89. The smallest absolute Gasteiger partial charge is 0.342 e. The molecule has 36 heavy (non-hydrogen) atoms. The van der Waals surface area contributed by atoms with Crippen molar-refractivity contribution in [3.63, 3.8) is 0 Å². The zero-order valence-corrected chi connectivity index (χ0v) is 22.1. The Labute approximate surface area is 214 Å². The zero-order valence-electron chi connectivity index (χ0n) is 22.1. The van der Waals surface area contributed by atoms with Crippen molar-refractivity contribution in [3.8, 4) is 11.4 Å². The minimum Gasteiger partial charge on any atom is -0.465 e. The molecule has 2 aromatic rings. The number of hydrogen-bond acceptors (Lipinski definition) is 6. The molecule has 8 heteroatoms. The first-order valence-corrected chi connectivity index (χ1v) is 12.9. The number of aromatic nitrogens is 2. The van der Waals surface area contributed by atoms with E-state index < -0.39 is 5.97 Å². The highest BCUT2D eigenvalue weighted by atomic mass is 16.5. The van der Waals surface area contributed by atoms with Crippen molar-refractivity contribution in [2.75, 3.05) is 26.7 Å². The summed E-state index contributed by atoms with van der Waals surface area (Å²) in [6.45, 7) is 9.17. The van der Waals surface area contributed by atoms with Crippen LogP contribution in [-0.4, -0.2) is 70.3 Å². The van der Waals surface area contributed by atoms with Gasteiger partial charge in [0.1, 0.15) is 11.3 Å². The fourth-order valence-corrected chi connectivity index (χ4v) is 4.58. The van der Waals surface area contributed by atoms with Gasteiger partial charge in [-0.1, -0.05) is 70.4 Å². The molecule has 1 aromatic heterocycles. The fourth-order valence-electron chi connectivity index (χ4n) is 4.58. The third kappa shape index (κ3) is 6.28. The molecule has 194 valence electrons. The maximum absolute atomic E-state index is 13.8. The number of carbonyl (C=O) groups is 3. The van der Waals surface area contributed by atoms with Crippen molar-refractivity contribution in [2.45, 2.75) is 71.8 Å². The van der Waals surface area contributed by atoms with E-state index >= 15 is 0 Å². The van der Waals surface area contributed by atoms with Crippen LogP contribution in [0.25, 0.3) is 11.4 Å². The topological polar surface area (TPSA) is 92.7 Å². The highest BCUT2D eigenvalue weighted by molar-refractivity contribution is 6.05. The summed E-state index contributed by atoms with van der Waals surface area (Å²) in [6, 6.07) is 9.28. The molecule has 0 saturated carbocycles. The Kier molecular flexibility index (Phi) is 9.56. The van der Waals surface area contributed by atoms with Crippen molar-refractivity contribution in [1.82, 2.24) is 19.8 Å². The Morgan fingerprint density at radius 3 is 2.39 bits per heavy atom. The fraction of sp³-hybridized carbons (Fsp3) is 0.536. The molecule has 1 aromatic carbocycles. The maximum Gasteiger partial charge on any atom is 0.342 e. The highest BCUT2D eigenvalue weighted by Crippen LogP contribution is 2.27. The van der Waals surface area contributed by atoms with Crippen molar-refractivity contribution in [3.05, 3.63) is 47.3 Å². The number of carbonyl (C=O) groups excluding carboxylic acids is 3. The standard InChI is InChI=1S/C28H38N4O4/c1-6-7-8-12-15-22(33)32-17-16-31(18-20(32)4)27(34)25-23(28(35)36-5)24(19(2)3)29-26(30-25)21-13-10-9-11-14-21/h9-11,13-14,19-20H,6-8,12,15-18H2,1-5H3. The van der Waals surface area contributed by atoms with Crippen molar-refractivity contribution in [2.24, 2.45) is 0 Å². The normalized spacial score (nSPS) is 15.8. The number of piperazine rings is 1. The molecule has 0 spiro atoms. The summed E-state index contributed by atoms with van der Waals surface area (Å²) in [5, 5.41) is 0. The van der Waals surface area contributed by atoms with Crippen LogP contribution in [0.15, 0.2) is 30.3 Å². The second-order valence-electron chi connectivity index (χ2n) is 9.67. The molecule has 1 atom stereocenters. The van der Waals surface area contributed by atoms with Crippen LogP contribution in [-0.2, 0) is 9.53 Å². The predicted molar refractivity (Wildman–Crippen MR) is 139 cm³/mol. The number of esters is 1. The molecular weight excluding hydrogens is 456 g/mol. The van der Waals surface area contributed by atoms with Crippen molar-refractivity contribution >= 4 is 17.8 Å². The van der Waals surface area contributed by atoms with Gasteiger partial charge in [0.2, 0.25) is 5.91 Å². The molecule has 1 unspecified atom stereocenters. The summed E-state index contributed by atoms with van der Waals surface area (Å²) >= 11 is 0. The van der Waals surface area contributed by atoms with Crippen LogP contribution in [0.2, 0.25) is 0 Å². The molecule has 1 aliphatic heterocycles. The van der Waals surface area contributed by atoms with Gasteiger partial charge in [0.05, 0.1) is 12.8 Å². The number of methoxy groups -OCH3 is 1. The number of amides is 2. The van der Waals surface area contributed by atoms with Crippen LogP contribution in [0.3, 0.4) is 0 Å². The van der Waals surface area contributed by atoms with Gasteiger partial charge in [-0.15, -0.1) is 0 Å². The highest BCUT2D eigenvalue weighted by Gasteiger charge is 2.34. The summed E-state index contributed by atoms with van der Waals surface area (Å²) in [5.41, 5.74) is 1.40. The SMILES string of the molecule is CCCCCCC(=O)N1CCN(C(=O)c2nc(-c3ccccc3)nc(C(C)C)c2C(=O)OC)CC1C. The van der Waals surface area contributed by atoms with E-state index in [0.717, 1.165) is 31.2 Å². The van der Waals surface area contributed by atoms with Gasteiger partial charge in [-0.05, 0) is 19.3 Å². The first-order chi connectivity index (χ1) is 17.3. The van der Waals surface area contributed by atoms with E-state index in [1.54, 1.807) is 4.90 Å². The first-order valence-electron chi connectivity index (χ1n) is 12.9. The molecule has 1 saturated heterocycles. The number of unbranched alkanes of at least 4 members (excludes halogenated alkanes) is 3. The third-order valence-corrected chi connectivity index (χ3v) is 6.59. The number of hydrogen-bond donors (Lipinski definition) is 0. The predicted octanol–water partition coefficient (Wildman–Crippen LogP) is 4.70. The van der Waals surface area contributed by atoms with Gasteiger partial charge in [-0.3, -0.25) is 9.59 Å². The van der Waals surface area contributed by atoms with Crippen LogP contribution in [0.5, 0.6) is 0 Å². The second kappa shape index (κ2) is 12.6. The van der Waals surface area contributed by atoms with Crippen LogP contribution in [0.1, 0.15) is 92.3 Å².